The average molecular weight is 360 g/mol. The standard InChI is InChI=1S/C15H22ClN3O3S/c1-15(2,3)22-14(20)19-6-4-5-11(9-19)10-23(21)13-17-7-12(16)8-18-13/h7-8,11H,4-6,9-10H2,1-3H3/t11-,23+/m1/s1. The first kappa shape index (κ1) is 18.1. The van der Waals surface area contributed by atoms with Crippen LogP contribution in [0, 0.1) is 5.92 Å². The number of carbonyl (C=O) groups is 1. The van der Waals surface area contributed by atoms with Crippen LogP contribution >= 0.6 is 11.6 Å². The van der Waals surface area contributed by atoms with Gasteiger partial charge >= 0.3 is 6.09 Å². The highest BCUT2D eigenvalue weighted by atomic mass is 35.5. The molecule has 0 saturated carbocycles. The Bertz CT molecular complexity index is 574. The van der Waals surface area contributed by atoms with Gasteiger partial charge < -0.3 is 9.64 Å². The summed E-state index contributed by atoms with van der Waals surface area (Å²) >= 11 is 5.73. The first-order valence-corrected chi connectivity index (χ1v) is 9.28. The monoisotopic (exact) mass is 359 g/mol. The van der Waals surface area contributed by atoms with Crippen LogP contribution in [0.3, 0.4) is 0 Å². The van der Waals surface area contributed by atoms with Crippen molar-refractivity contribution < 1.29 is 13.7 Å². The zero-order valence-corrected chi connectivity index (χ0v) is 15.2. The molecule has 0 aromatic carbocycles. The van der Waals surface area contributed by atoms with E-state index >= 15 is 0 Å². The molecule has 0 unspecified atom stereocenters. The molecule has 0 radical (unpaired) electrons. The SMILES string of the molecule is CC(C)(C)OC(=O)N1CCC[C@@H](C[S@](=O)c2ncc(Cl)cn2)C1. The van der Waals surface area contributed by atoms with Crippen LogP contribution in [0.4, 0.5) is 4.79 Å². The number of nitrogens with zero attached hydrogens (tertiary/aromatic N) is 3. The Hall–Kier alpha value is -1.21. The van der Waals surface area contributed by atoms with Gasteiger partial charge in [-0.05, 0) is 39.5 Å². The van der Waals surface area contributed by atoms with Gasteiger partial charge in [0.05, 0.1) is 28.2 Å². The number of hydrogen-bond acceptors (Lipinski definition) is 5. The van der Waals surface area contributed by atoms with Crippen molar-refractivity contribution in [1.82, 2.24) is 14.9 Å². The lowest BCUT2D eigenvalue weighted by molar-refractivity contribution is 0.0176. The molecule has 2 heterocycles. The molecule has 0 aliphatic carbocycles. The van der Waals surface area contributed by atoms with E-state index in [1.165, 1.54) is 12.4 Å². The van der Waals surface area contributed by atoms with Crippen molar-refractivity contribution in [1.29, 1.82) is 0 Å². The second kappa shape index (κ2) is 7.57. The minimum Gasteiger partial charge on any atom is -0.444 e. The number of amides is 1. The van der Waals surface area contributed by atoms with E-state index in [-0.39, 0.29) is 17.2 Å². The van der Waals surface area contributed by atoms with Crippen LogP contribution in [0.15, 0.2) is 17.6 Å². The molecule has 0 bridgehead atoms. The molecular formula is C15H22ClN3O3S. The summed E-state index contributed by atoms with van der Waals surface area (Å²) in [5, 5.41) is 0.698. The van der Waals surface area contributed by atoms with E-state index in [1.54, 1.807) is 4.90 Å². The maximum atomic E-state index is 12.3. The highest BCUT2D eigenvalue weighted by Crippen LogP contribution is 2.21. The predicted octanol–water partition coefficient (Wildman–Crippen LogP) is 2.88. The van der Waals surface area contributed by atoms with E-state index in [0.717, 1.165) is 12.8 Å². The molecule has 0 spiro atoms. The molecular weight excluding hydrogens is 338 g/mol. The molecule has 2 rings (SSSR count). The average Bonchev–Trinajstić information content (AvgIpc) is 2.46. The highest BCUT2D eigenvalue weighted by molar-refractivity contribution is 7.84. The van der Waals surface area contributed by atoms with Gasteiger partial charge in [0.2, 0.25) is 5.16 Å². The molecule has 23 heavy (non-hydrogen) atoms. The molecule has 1 aromatic heterocycles. The fourth-order valence-corrected chi connectivity index (χ4v) is 3.69. The molecule has 0 N–H and O–H groups in total. The Labute approximate surface area is 144 Å². The number of piperidine rings is 1. The van der Waals surface area contributed by atoms with Gasteiger partial charge in [0, 0.05) is 18.8 Å². The molecule has 1 fully saturated rings. The second-order valence-electron chi connectivity index (χ2n) is 6.63. The molecule has 6 nitrogen and oxygen atoms in total. The van der Waals surface area contributed by atoms with Crippen molar-refractivity contribution in [2.75, 3.05) is 18.8 Å². The molecule has 1 aliphatic heterocycles. The Kier molecular flexibility index (Phi) is 5.97. The van der Waals surface area contributed by atoms with Crippen molar-refractivity contribution in [2.45, 2.75) is 44.4 Å². The minimum absolute atomic E-state index is 0.149. The van der Waals surface area contributed by atoms with Gasteiger partial charge in [-0.15, -0.1) is 0 Å². The van der Waals surface area contributed by atoms with Crippen molar-refractivity contribution in [3.05, 3.63) is 17.4 Å². The first-order chi connectivity index (χ1) is 10.7. The summed E-state index contributed by atoms with van der Waals surface area (Å²) in [6, 6.07) is 0. The maximum Gasteiger partial charge on any atom is 0.410 e. The van der Waals surface area contributed by atoms with E-state index < -0.39 is 16.4 Å². The van der Waals surface area contributed by atoms with Crippen LogP contribution in [0.5, 0.6) is 0 Å². The number of carbonyl (C=O) groups excluding carboxylic acids is 1. The lowest BCUT2D eigenvalue weighted by atomic mass is 10.0. The van der Waals surface area contributed by atoms with Crippen LogP contribution in [-0.2, 0) is 15.5 Å². The largest absolute Gasteiger partial charge is 0.444 e. The third kappa shape index (κ3) is 5.73. The molecule has 8 heteroatoms. The van der Waals surface area contributed by atoms with Gasteiger partial charge in [0.25, 0.3) is 0 Å². The zero-order chi connectivity index (χ0) is 17.0. The summed E-state index contributed by atoms with van der Waals surface area (Å²) in [6.07, 6.45) is 4.38. The summed E-state index contributed by atoms with van der Waals surface area (Å²) in [5.74, 6) is 0.581. The van der Waals surface area contributed by atoms with Crippen molar-refractivity contribution in [2.24, 2.45) is 5.92 Å². The normalized spacial score (nSPS) is 20.2. The number of rotatable bonds is 3. The van der Waals surface area contributed by atoms with Crippen LogP contribution in [0.25, 0.3) is 0 Å². The molecule has 2 atom stereocenters. The van der Waals surface area contributed by atoms with Crippen molar-refractivity contribution in [3.8, 4) is 0 Å². The molecule has 128 valence electrons. The summed E-state index contributed by atoms with van der Waals surface area (Å²) in [7, 11) is -1.30. The van der Waals surface area contributed by atoms with E-state index in [1.807, 2.05) is 20.8 Å². The Morgan fingerprint density at radius 2 is 2.09 bits per heavy atom. The van der Waals surface area contributed by atoms with Gasteiger partial charge in [-0.2, -0.15) is 0 Å². The summed E-state index contributed by atoms with van der Waals surface area (Å²) in [5.41, 5.74) is -0.510. The summed E-state index contributed by atoms with van der Waals surface area (Å²) in [4.78, 5) is 21.8. The van der Waals surface area contributed by atoms with E-state index in [2.05, 4.69) is 9.97 Å². The smallest absolute Gasteiger partial charge is 0.410 e. The summed E-state index contributed by atoms with van der Waals surface area (Å²) in [6.45, 7) is 6.77. The van der Waals surface area contributed by atoms with Crippen LogP contribution in [0.2, 0.25) is 5.02 Å². The van der Waals surface area contributed by atoms with Gasteiger partial charge in [-0.3, -0.25) is 4.21 Å². The van der Waals surface area contributed by atoms with E-state index in [4.69, 9.17) is 16.3 Å². The Balaban J connectivity index is 1.92. The molecule has 1 amide bonds. The van der Waals surface area contributed by atoms with E-state index in [0.29, 0.717) is 23.9 Å². The number of likely N-dealkylation sites (tertiary alicyclic amines) is 1. The van der Waals surface area contributed by atoms with Crippen molar-refractivity contribution >= 4 is 28.5 Å². The fraction of sp³-hybridized carbons (Fsp3) is 0.667. The second-order valence-corrected chi connectivity index (χ2v) is 8.46. The van der Waals surface area contributed by atoms with Gasteiger partial charge in [-0.25, -0.2) is 14.8 Å². The number of aromatic nitrogens is 2. The Morgan fingerprint density at radius 3 is 2.70 bits per heavy atom. The lowest BCUT2D eigenvalue weighted by Gasteiger charge is -2.33. The third-order valence-corrected chi connectivity index (χ3v) is 4.95. The van der Waals surface area contributed by atoms with E-state index in [9.17, 15) is 9.00 Å². The topological polar surface area (TPSA) is 72.4 Å². The lowest BCUT2D eigenvalue weighted by Crippen LogP contribution is -2.44. The Morgan fingerprint density at radius 1 is 1.43 bits per heavy atom. The van der Waals surface area contributed by atoms with Gasteiger partial charge in [0.15, 0.2) is 0 Å². The first-order valence-electron chi connectivity index (χ1n) is 7.58. The summed E-state index contributed by atoms with van der Waals surface area (Å²) < 4.78 is 17.7. The number of ether oxygens (including phenoxy) is 1. The van der Waals surface area contributed by atoms with Gasteiger partial charge in [0.1, 0.15) is 5.60 Å². The van der Waals surface area contributed by atoms with Gasteiger partial charge in [-0.1, -0.05) is 11.6 Å². The highest BCUT2D eigenvalue weighted by Gasteiger charge is 2.29. The van der Waals surface area contributed by atoms with Crippen LogP contribution < -0.4 is 0 Å². The van der Waals surface area contributed by atoms with Crippen molar-refractivity contribution in [3.63, 3.8) is 0 Å². The van der Waals surface area contributed by atoms with Crippen LogP contribution in [-0.4, -0.2) is 49.6 Å². The minimum atomic E-state index is -1.30. The molecule has 1 aliphatic rings. The zero-order valence-electron chi connectivity index (χ0n) is 13.6. The third-order valence-electron chi connectivity index (χ3n) is 3.36. The fourth-order valence-electron chi connectivity index (χ4n) is 2.40. The molecule has 1 aromatic rings. The quantitative estimate of drug-likeness (QED) is 0.776. The maximum absolute atomic E-state index is 12.3. The number of hydrogen-bond donors (Lipinski definition) is 0. The molecule has 1 saturated heterocycles. The number of halogens is 1. The van der Waals surface area contributed by atoms with Crippen LogP contribution in [0.1, 0.15) is 33.6 Å². The predicted molar refractivity (Wildman–Crippen MR) is 88.8 cm³/mol.